The molecule has 245 valence electrons. The molecule has 2 aliphatic rings. The van der Waals surface area contributed by atoms with Gasteiger partial charge in [-0.2, -0.15) is 0 Å². The first-order valence-corrected chi connectivity index (χ1v) is 19.8. The SMILES string of the molecule is CC1(C)c2cc3ccccc3nc2-c2[c-]ccc3c2-c2c1cccc2[Si]3(C)C.CCC(C)(CC)C(=O)/C=C(\O)C(C)(CC)CC.[Ir]. The molecule has 46 heavy (non-hydrogen) atoms. The standard InChI is InChI=1S/C26H22NSi.C15H28O2.Ir/c1-26(2)18-11-8-14-22-24(18)23-17(10-7-13-21(23)28(22,3)4)25-19(26)15-16-9-5-6-12-20(16)27-25;1-7-14(5,8-2)12(16)11-13(17)15(6,9-3)10-4;/h5-9,11-15H,1-4H3;11,16H,7-10H2,1-6H3;/q-1;;/b;12-11-;. The summed E-state index contributed by atoms with van der Waals surface area (Å²) in [6.45, 7) is 21.8. The van der Waals surface area contributed by atoms with Crippen molar-refractivity contribution in [1.82, 2.24) is 4.98 Å². The van der Waals surface area contributed by atoms with E-state index in [1.165, 1.54) is 44.5 Å². The third kappa shape index (κ3) is 5.67. The second kappa shape index (κ2) is 13.0. The van der Waals surface area contributed by atoms with Crippen molar-refractivity contribution in [3.63, 3.8) is 0 Å². The maximum atomic E-state index is 12.2. The number of fused-ring (bicyclic) bond motifs is 3. The fourth-order valence-corrected chi connectivity index (χ4v) is 10.1. The molecule has 0 saturated carbocycles. The molecule has 3 aromatic carbocycles. The van der Waals surface area contributed by atoms with Gasteiger partial charge >= 0.3 is 0 Å². The first kappa shape index (κ1) is 36.0. The molecule has 5 heteroatoms. The van der Waals surface area contributed by atoms with E-state index in [4.69, 9.17) is 4.98 Å². The number of carbonyl (C=O) groups excluding carboxylic acids is 1. The number of aliphatic hydroxyl groups excluding tert-OH is 1. The summed E-state index contributed by atoms with van der Waals surface area (Å²) in [4.78, 5) is 17.4. The van der Waals surface area contributed by atoms with E-state index in [2.05, 4.69) is 93.7 Å². The van der Waals surface area contributed by atoms with Gasteiger partial charge in [-0.1, -0.05) is 133 Å². The summed E-state index contributed by atoms with van der Waals surface area (Å²) >= 11 is 0. The third-order valence-electron chi connectivity index (χ3n) is 11.6. The van der Waals surface area contributed by atoms with Gasteiger partial charge in [-0.05, 0) is 48.4 Å². The molecule has 4 aromatic rings. The van der Waals surface area contributed by atoms with Crippen molar-refractivity contribution in [3.05, 3.63) is 89.7 Å². The second-order valence-corrected chi connectivity index (χ2v) is 19.0. The van der Waals surface area contributed by atoms with Crippen molar-refractivity contribution < 1.29 is 30.0 Å². The predicted molar refractivity (Wildman–Crippen MR) is 193 cm³/mol. The molecule has 0 amide bonds. The minimum atomic E-state index is -1.71. The maximum absolute atomic E-state index is 12.2. The number of carbonyl (C=O) groups is 1. The topological polar surface area (TPSA) is 50.2 Å². The van der Waals surface area contributed by atoms with Gasteiger partial charge in [-0.15, -0.1) is 28.9 Å². The zero-order valence-electron chi connectivity index (χ0n) is 29.3. The Morgan fingerprint density at radius 2 is 1.48 bits per heavy atom. The molecule has 1 N–H and O–H groups in total. The minimum absolute atomic E-state index is 0. The Kier molecular flexibility index (Phi) is 10.2. The van der Waals surface area contributed by atoms with Crippen LogP contribution in [0.3, 0.4) is 0 Å². The van der Waals surface area contributed by atoms with Gasteiger partial charge in [0.05, 0.1) is 13.6 Å². The van der Waals surface area contributed by atoms with Crippen molar-refractivity contribution in [2.45, 2.75) is 99.6 Å². The van der Waals surface area contributed by atoms with Crippen LogP contribution in [-0.2, 0) is 30.3 Å². The van der Waals surface area contributed by atoms with Crippen LogP contribution in [0.25, 0.3) is 33.3 Å². The molecule has 1 aliphatic heterocycles. The fourth-order valence-electron chi connectivity index (χ4n) is 7.09. The smallest absolute Gasteiger partial charge is 0.164 e. The zero-order valence-corrected chi connectivity index (χ0v) is 32.7. The van der Waals surface area contributed by atoms with Crippen molar-refractivity contribution in [3.8, 4) is 22.4 Å². The van der Waals surface area contributed by atoms with Crippen LogP contribution in [0.4, 0.5) is 0 Å². The van der Waals surface area contributed by atoms with Gasteiger partial charge in [-0.3, -0.25) is 9.78 Å². The summed E-state index contributed by atoms with van der Waals surface area (Å²) in [6, 6.07) is 25.8. The van der Waals surface area contributed by atoms with E-state index in [0.717, 1.165) is 36.9 Å². The monoisotopic (exact) mass is 809 g/mol. The number of aliphatic hydroxyl groups is 1. The third-order valence-corrected chi connectivity index (χ3v) is 15.1. The van der Waals surface area contributed by atoms with E-state index in [1.54, 1.807) is 5.19 Å². The van der Waals surface area contributed by atoms with Gasteiger partial charge in [0.15, 0.2) is 5.78 Å². The van der Waals surface area contributed by atoms with Crippen LogP contribution in [-0.4, -0.2) is 23.9 Å². The van der Waals surface area contributed by atoms with Gasteiger partial charge in [0, 0.05) is 42.4 Å². The summed E-state index contributed by atoms with van der Waals surface area (Å²) in [6.07, 6.45) is 4.75. The number of aromatic nitrogens is 1. The average molecular weight is 809 g/mol. The van der Waals surface area contributed by atoms with E-state index in [9.17, 15) is 9.90 Å². The number of allylic oxidation sites excluding steroid dienone is 2. The largest absolute Gasteiger partial charge is 0.512 e. The first-order valence-electron chi connectivity index (χ1n) is 16.8. The van der Waals surface area contributed by atoms with Gasteiger partial charge in [0.25, 0.3) is 0 Å². The van der Waals surface area contributed by atoms with Crippen LogP contribution in [0, 0.1) is 16.9 Å². The van der Waals surface area contributed by atoms with Crippen molar-refractivity contribution in [1.29, 1.82) is 0 Å². The number of rotatable bonds is 7. The van der Waals surface area contributed by atoms with Crippen LogP contribution in [0.5, 0.6) is 0 Å². The van der Waals surface area contributed by atoms with Crippen LogP contribution in [0.15, 0.2) is 72.5 Å². The van der Waals surface area contributed by atoms with Crippen LogP contribution < -0.4 is 10.4 Å². The Bertz CT molecular complexity index is 1810. The molecular weight excluding hydrogens is 759 g/mol. The number of nitrogens with zero attached hydrogens (tertiary/aromatic N) is 1. The van der Waals surface area contributed by atoms with Gasteiger partial charge < -0.3 is 5.11 Å². The number of pyridine rings is 1. The quantitative estimate of drug-likeness (QED) is 0.0876. The molecule has 0 atom stereocenters. The Morgan fingerprint density at radius 3 is 2.11 bits per heavy atom. The van der Waals surface area contributed by atoms with Crippen LogP contribution in [0.2, 0.25) is 13.1 Å². The molecule has 0 bridgehead atoms. The van der Waals surface area contributed by atoms with E-state index < -0.39 is 8.07 Å². The van der Waals surface area contributed by atoms with Gasteiger partial charge in [0.2, 0.25) is 0 Å². The van der Waals surface area contributed by atoms with E-state index in [0.29, 0.717) is 0 Å². The molecule has 0 unspecified atom stereocenters. The summed E-state index contributed by atoms with van der Waals surface area (Å²) in [5.41, 5.74) is 8.24. The summed E-state index contributed by atoms with van der Waals surface area (Å²) in [5, 5.41) is 14.4. The first-order chi connectivity index (χ1) is 21.2. The molecular formula is C41H50IrNO2Si-. The summed E-state index contributed by atoms with van der Waals surface area (Å²) in [7, 11) is -1.71. The molecule has 1 aliphatic carbocycles. The molecule has 0 fully saturated rings. The summed E-state index contributed by atoms with van der Waals surface area (Å²) < 4.78 is 0. The molecule has 1 radical (unpaired) electrons. The van der Waals surface area contributed by atoms with Crippen LogP contribution >= 0.6 is 0 Å². The molecule has 3 nitrogen and oxygen atoms in total. The molecule has 0 saturated heterocycles. The molecule has 0 spiro atoms. The maximum Gasteiger partial charge on any atom is 0.164 e. The zero-order chi connectivity index (χ0) is 32.9. The van der Waals surface area contributed by atoms with Crippen molar-refractivity contribution in [2.75, 3.05) is 0 Å². The Labute approximate surface area is 291 Å². The van der Waals surface area contributed by atoms with E-state index in [-0.39, 0.29) is 47.9 Å². The average Bonchev–Trinajstić information content (AvgIpc) is 3.25. The number of benzene rings is 3. The Balaban J connectivity index is 0.000000234. The summed E-state index contributed by atoms with van der Waals surface area (Å²) in [5.74, 6) is 0.286. The van der Waals surface area contributed by atoms with E-state index in [1.807, 2.05) is 41.5 Å². The van der Waals surface area contributed by atoms with Crippen molar-refractivity contribution in [2.24, 2.45) is 10.8 Å². The minimum Gasteiger partial charge on any atom is -0.512 e. The number of hydrogen-bond acceptors (Lipinski definition) is 3. The fraction of sp³-hybridized carbons (Fsp3) is 0.415. The van der Waals surface area contributed by atoms with Gasteiger partial charge in [0.1, 0.15) is 5.76 Å². The molecule has 2 heterocycles. The van der Waals surface area contributed by atoms with E-state index >= 15 is 0 Å². The molecule has 1 aromatic heterocycles. The second-order valence-electron chi connectivity index (χ2n) is 14.6. The Morgan fingerprint density at radius 1 is 0.870 bits per heavy atom. The predicted octanol–water partition coefficient (Wildman–Crippen LogP) is 9.79. The Hall–Kier alpha value is -2.85. The normalized spacial score (nSPS) is 15.6. The number of para-hydroxylation sites is 1. The van der Waals surface area contributed by atoms with Crippen LogP contribution in [0.1, 0.15) is 92.2 Å². The molecule has 6 rings (SSSR count). The van der Waals surface area contributed by atoms with Crippen molar-refractivity contribution >= 4 is 35.1 Å². The number of ketones is 1. The van der Waals surface area contributed by atoms with Gasteiger partial charge in [-0.25, -0.2) is 0 Å². The number of hydrogen-bond donors (Lipinski definition) is 1.